The van der Waals surface area contributed by atoms with E-state index in [9.17, 15) is 17.6 Å². The number of benzene rings is 2. The molecule has 19 heavy (non-hydrogen) atoms. The van der Waals surface area contributed by atoms with Gasteiger partial charge in [-0.3, -0.25) is 0 Å². The zero-order valence-electron chi connectivity index (χ0n) is 9.64. The SMILES string of the molecule is Fc1cccc(CC(Br)c2cc(F)c(F)c(F)c2)c1. The van der Waals surface area contributed by atoms with Crippen molar-refractivity contribution < 1.29 is 17.6 Å². The molecule has 0 radical (unpaired) electrons. The second-order valence-corrected chi connectivity index (χ2v) is 5.21. The summed E-state index contributed by atoms with van der Waals surface area (Å²) in [6, 6.07) is 7.76. The topological polar surface area (TPSA) is 0 Å². The Morgan fingerprint density at radius 2 is 1.58 bits per heavy atom. The summed E-state index contributed by atoms with van der Waals surface area (Å²) in [5.41, 5.74) is 0.938. The van der Waals surface area contributed by atoms with E-state index in [1.807, 2.05) is 0 Å². The molecule has 0 heterocycles. The van der Waals surface area contributed by atoms with Crippen LogP contribution >= 0.6 is 15.9 Å². The maximum Gasteiger partial charge on any atom is 0.194 e. The number of halogens is 5. The van der Waals surface area contributed by atoms with Crippen LogP contribution in [-0.4, -0.2) is 0 Å². The minimum Gasteiger partial charge on any atom is -0.207 e. The van der Waals surface area contributed by atoms with Crippen LogP contribution in [0.5, 0.6) is 0 Å². The molecule has 2 aromatic carbocycles. The minimum atomic E-state index is -1.49. The van der Waals surface area contributed by atoms with Crippen molar-refractivity contribution >= 4 is 15.9 Å². The van der Waals surface area contributed by atoms with Gasteiger partial charge in [0.05, 0.1) is 0 Å². The zero-order chi connectivity index (χ0) is 14.0. The summed E-state index contributed by atoms with van der Waals surface area (Å²) in [7, 11) is 0. The maximum atomic E-state index is 13.1. The van der Waals surface area contributed by atoms with Gasteiger partial charge in [-0.15, -0.1) is 0 Å². The summed E-state index contributed by atoms with van der Waals surface area (Å²) in [5.74, 6) is -4.35. The van der Waals surface area contributed by atoms with E-state index in [4.69, 9.17) is 0 Å². The summed E-state index contributed by atoms with van der Waals surface area (Å²) in [5, 5.41) is 0. The van der Waals surface area contributed by atoms with Crippen LogP contribution in [0.1, 0.15) is 16.0 Å². The summed E-state index contributed by atoms with van der Waals surface area (Å²) in [6.45, 7) is 0. The van der Waals surface area contributed by atoms with E-state index in [0.29, 0.717) is 12.0 Å². The summed E-state index contributed by atoms with van der Waals surface area (Å²) in [4.78, 5) is -0.432. The molecule has 0 aliphatic heterocycles. The van der Waals surface area contributed by atoms with Gasteiger partial charge in [0.15, 0.2) is 17.5 Å². The molecule has 5 heteroatoms. The van der Waals surface area contributed by atoms with Crippen molar-refractivity contribution in [3.63, 3.8) is 0 Å². The highest BCUT2D eigenvalue weighted by molar-refractivity contribution is 9.09. The fourth-order valence-corrected chi connectivity index (χ4v) is 2.38. The summed E-state index contributed by atoms with van der Waals surface area (Å²) in [6.07, 6.45) is 0.336. The molecule has 1 unspecified atom stereocenters. The van der Waals surface area contributed by atoms with Gasteiger partial charge < -0.3 is 0 Å². The van der Waals surface area contributed by atoms with Crippen LogP contribution in [0.15, 0.2) is 36.4 Å². The van der Waals surface area contributed by atoms with Crippen LogP contribution in [0.2, 0.25) is 0 Å². The van der Waals surface area contributed by atoms with Gasteiger partial charge in [0.2, 0.25) is 0 Å². The molecule has 1 atom stereocenters. The number of hydrogen-bond acceptors (Lipinski definition) is 0. The molecule has 0 N–H and O–H groups in total. The highest BCUT2D eigenvalue weighted by Crippen LogP contribution is 2.29. The maximum absolute atomic E-state index is 13.1. The van der Waals surface area contributed by atoms with Crippen molar-refractivity contribution in [1.82, 2.24) is 0 Å². The van der Waals surface area contributed by atoms with E-state index in [1.165, 1.54) is 12.1 Å². The average molecular weight is 333 g/mol. The second kappa shape index (κ2) is 5.74. The van der Waals surface area contributed by atoms with Crippen molar-refractivity contribution in [2.75, 3.05) is 0 Å². The Bertz CT molecular complexity index is 575. The molecule has 0 fully saturated rings. The van der Waals surface area contributed by atoms with Crippen molar-refractivity contribution in [3.8, 4) is 0 Å². The van der Waals surface area contributed by atoms with Gasteiger partial charge in [-0.1, -0.05) is 28.1 Å². The van der Waals surface area contributed by atoms with E-state index >= 15 is 0 Å². The molecule has 0 amide bonds. The first kappa shape index (κ1) is 14.1. The Morgan fingerprint density at radius 1 is 0.947 bits per heavy atom. The normalized spacial score (nSPS) is 12.5. The smallest absolute Gasteiger partial charge is 0.194 e. The van der Waals surface area contributed by atoms with Crippen LogP contribution in [0.3, 0.4) is 0 Å². The molecule has 0 aliphatic rings. The molecule has 0 aliphatic carbocycles. The van der Waals surface area contributed by atoms with Crippen LogP contribution in [0.25, 0.3) is 0 Å². The lowest BCUT2D eigenvalue weighted by Crippen LogP contribution is -2.00. The fraction of sp³-hybridized carbons (Fsp3) is 0.143. The van der Waals surface area contributed by atoms with Crippen LogP contribution in [0.4, 0.5) is 17.6 Å². The standard InChI is InChI=1S/C14H9BrF4/c15-11(5-8-2-1-3-10(16)4-8)9-6-12(17)14(19)13(18)7-9/h1-4,6-7,11H,5H2. The minimum absolute atomic E-state index is 0.265. The van der Waals surface area contributed by atoms with Gasteiger partial charge in [-0.05, 0) is 41.8 Å². The molecule has 0 saturated heterocycles. The molecule has 0 nitrogen and oxygen atoms in total. The molecule has 0 bridgehead atoms. The highest BCUT2D eigenvalue weighted by atomic mass is 79.9. The lowest BCUT2D eigenvalue weighted by atomic mass is 10.0. The Labute approximate surface area is 116 Å². The fourth-order valence-electron chi connectivity index (χ4n) is 1.74. The Balaban J connectivity index is 2.23. The monoisotopic (exact) mass is 332 g/mol. The van der Waals surface area contributed by atoms with E-state index in [2.05, 4.69) is 15.9 Å². The molecule has 0 spiro atoms. The van der Waals surface area contributed by atoms with Crippen LogP contribution in [-0.2, 0) is 6.42 Å². The van der Waals surface area contributed by atoms with Gasteiger partial charge in [-0.2, -0.15) is 0 Å². The predicted molar refractivity (Wildman–Crippen MR) is 68.1 cm³/mol. The number of hydrogen-bond donors (Lipinski definition) is 0. The Morgan fingerprint density at radius 3 is 2.16 bits per heavy atom. The molecule has 0 saturated carbocycles. The van der Waals surface area contributed by atoms with Crippen molar-refractivity contribution in [3.05, 3.63) is 70.8 Å². The van der Waals surface area contributed by atoms with E-state index in [-0.39, 0.29) is 11.4 Å². The zero-order valence-corrected chi connectivity index (χ0v) is 11.2. The first-order valence-electron chi connectivity index (χ1n) is 5.50. The second-order valence-electron chi connectivity index (χ2n) is 4.10. The van der Waals surface area contributed by atoms with Crippen LogP contribution in [0, 0.1) is 23.3 Å². The van der Waals surface area contributed by atoms with E-state index in [0.717, 1.165) is 12.1 Å². The van der Waals surface area contributed by atoms with E-state index < -0.39 is 22.3 Å². The van der Waals surface area contributed by atoms with Gasteiger partial charge in [0, 0.05) is 4.83 Å². The molecule has 2 rings (SSSR count). The van der Waals surface area contributed by atoms with E-state index in [1.54, 1.807) is 12.1 Å². The molecule has 100 valence electrons. The third kappa shape index (κ3) is 3.35. The number of rotatable bonds is 3. The van der Waals surface area contributed by atoms with Gasteiger partial charge in [0.25, 0.3) is 0 Å². The van der Waals surface area contributed by atoms with Gasteiger partial charge >= 0.3 is 0 Å². The third-order valence-corrected chi connectivity index (χ3v) is 3.52. The van der Waals surface area contributed by atoms with Gasteiger partial charge in [0.1, 0.15) is 5.82 Å². The van der Waals surface area contributed by atoms with Crippen LogP contribution < -0.4 is 0 Å². The average Bonchev–Trinajstić information content (AvgIpc) is 2.35. The quantitative estimate of drug-likeness (QED) is 0.425. The molecular weight excluding hydrogens is 324 g/mol. The first-order chi connectivity index (χ1) is 8.97. The predicted octanol–water partition coefficient (Wildman–Crippen LogP) is 4.92. The van der Waals surface area contributed by atoms with Crippen molar-refractivity contribution in [1.29, 1.82) is 0 Å². The van der Waals surface area contributed by atoms with Gasteiger partial charge in [-0.25, -0.2) is 17.6 Å². The summed E-state index contributed by atoms with van der Waals surface area (Å²) >= 11 is 3.26. The first-order valence-corrected chi connectivity index (χ1v) is 6.42. The summed E-state index contributed by atoms with van der Waals surface area (Å²) < 4.78 is 52.1. The lowest BCUT2D eigenvalue weighted by molar-refractivity contribution is 0.445. The van der Waals surface area contributed by atoms with Crippen molar-refractivity contribution in [2.24, 2.45) is 0 Å². The largest absolute Gasteiger partial charge is 0.207 e. The Kier molecular flexibility index (Phi) is 4.24. The third-order valence-electron chi connectivity index (χ3n) is 2.67. The number of alkyl halides is 1. The Hall–Kier alpha value is -1.36. The molecule has 0 aromatic heterocycles. The molecular formula is C14H9BrF4. The molecule has 2 aromatic rings. The van der Waals surface area contributed by atoms with Crippen molar-refractivity contribution in [2.45, 2.75) is 11.2 Å². The highest BCUT2D eigenvalue weighted by Gasteiger charge is 2.16. The lowest BCUT2D eigenvalue weighted by Gasteiger charge is -2.11.